The molecule has 0 spiro atoms. The zero-order valence-electron chi connectivity index (χ0n) is 11.5. The van der Waals surface area contributed by atoms with Crippen LogP contribution in [-0.2, 0) is 11.3 Å². The van der Waals surface area contributed by atoms with E-state index in [1.807, 2.05) is 5.38 Å². The largest absolute Gasteiger partial charge is 0.478 e. The maximum absolute atomic E-state index is 10.5. The lowest BCUT2D eigenvalue weighted by molar-refractivity contribution is -0.131. The van der Waals surface area contributed by atoms with Crippen molar-refractivity contribution >= 4 is 23.4 Å². The predicted octanol–water partition coefficient (Wildman–Crippen LogP) is 3.32. The summed E-state index contributed by atoms with van der Waals surface area (Å²) in [5, 5.41) is 10.6. The van der Waals surface area contributed by atoms with Crippen molar-refractivity contribution in [2.45, 2.75) is 26.8 Å². The number of nitrogens with zero attached hydrogens (tertiary/aromatic N) is 1. The Labute approximate surface area is 118 Å². The average Bonchev–Trinajstić information content (AvgIpc) is 2.79. The van der Waals surface area contributed by atoms with Crippen LogP contribution in [0.4, 0.5) is 0 Å². The van der Waals surface area contributed by atoms with Gasteiger partial charge in [0.15, 0.2) is 0 Å². The first-order chi connectivity index (χ1) is 9.04. The van der Waals surface area contributed by atoms with E-state index in [0.717, 1.165) is 23.9 Å². The predicted molar refractivity (Wildman–Crippen MR) is 79.2 cm³/mol. The summed E-state index contributed by atoms with van der Waals surface area (Å²) >= 11 is 1.71. The maximum atomic E-state index is 10.5. The third-order valence-corrected chi connectivity index (χ3v) is 4.83. The minimum absolute atomic E-state index is 0.764. The molecule has 2 rings (SSSR count). The van der Waals surface area contributed by atoms with E-state index in [9.17, 15) is 4.79 Å². The summed E-state index contributed by atoms with van der Waals surface area (Å²) in [6.45, 7) is 7.99. The normalized spacial score (nSPS) is 24.9. The average molecular weight is 279 g/mol. The molecule has 19 heavy (non-hydrogen) atoms. The van der Waals surface area contributed by atoms with Crippen molar-refractivity contribution in [3.8, 4) is 0 Å². The molecule has 1 N–H and O–H groups in total. The first-order valence-corrected chi connectivity index (χ1v) is 7.63. The molecule has 0 saturated carbocycles. The summed E-state index contributed by atoms with van der Waals surface area (Å²) in [7, 11) is 0. The van der Waals surface area contributed by atoms with Crippen molar-refractivity contribution in [1.82, 2.24) is 4.90 Å². The molecule has 0 radical (unpaired) electrons. The molecule has 1 aliphatic rings. The van der Waals surface area contributed by atoms with Gasteiger partial charge < -0.3 is 5.11 Å². The van der Waals surface area contributed by atoms with E-state index in [1.54, 1.807) is 17.4 Å². The minimum Gasteiger partial charge on any atom is -0.478 e. The molecule has 1 fully saturated rings. The number of hydrogen-bond acceptors (Lipinski definition) is 3. The molecule has 0 amide bonds. The summed E-state index contributed by atoms with van der Waals surface area (Å²) in [4.78, 5) is 14.3. The molecule has 2 unspecified atom stereocenters. The highest BCUT2D eigenvalue weighted by Gasteiger charge is 2.22. The fourth-order valence-electron chi connectivity index (χ4n) is 2.45. The van der Waals surface area contributed by atoms with E-state index in [4.69, 9.17) is 5.11 Å². The molecule has 2 atom stereocenters. The van der Waals surface area contributed by atoms with E-state index in [-0.39, 0.29) is 0 Å². The summed E-state index contributed by atoms with van der Waals surface area (Å²) in [6, 6.07) is 2.09. The molecule has 1 aromatic rings. The van der Waals surface area contributed by atoms with E-state index < -0.39 is 5.97 Å². The summed E-state index contributed by atoms with van der Waals surface area (Å²) in [5.74, 6) is 0.695. The van der Waals surface area contributed by atoms with Gasteiger partial charge in [-0.1, -0.05) is 13.8 Å². The summed E-state index contributed by atoms with van der Waals surface area (Å²) < 4.78 is 0. The Bertz CT molecular complexity index is 466. The van der Waals surface area contributed by atoms with Crippen molar-refractivity contribution in [1.29, 1.82) is 0 Å². The van der Waals surface area contributed by atoms with E-state index in [1.165, 1.54) is 30.5 Å². The summed E-state index contributed by atoms with van der Waals surface area (Å²) in [5.41, 5.74) is 0.987. The van der Waals surface area contributed by atoms with E-state index in [0.29, 0.717) is 0 Å². The van der Waals surface area contributed by atoms with E-state index in [2.05, 4.69) is 24.8 Å². The SMILES string of the molecule is CC1CCN(Cc2cc(/C=C/C(=O)O)cs2)CC1C. The number of carbonyl (C=O) groups is 1. The Hall–Kier alpha value is -1.13. The Balaban J connectivity index is 1.91. The number of piperidine rings is 1. The van der Waals surface area contributed by atoms with Gasteiger partial charge >= 0.3 is 5.97 Å². The quantitative estimate of drug-likeness (QED) is 0.860. The molecule has 2 heterocycles. The second-order valence-corrected chi connectivity index (χ2v) is 6.49. The van der Waals surface area contributed by atoms with Gasteiger partial charge in [-0.25, -0.2) is 4.79 Å². The maximum Gasteiger partial charge on any atom is 0.328 e. The van der Waals surface area contributed by atoms with Gasteiger partial charge in [-0.2, -0.15) is 0 Å². The van der Waals surface area contributed by atoms with Crippen molar-refractivity contribution in [3.63, 3.8) is 0 Å². The lowest BCUT2D eigenvalue weighted by Crippen LogP contribution is -2.37. The Kier molecular flexibility index (Phi) is 4.77. The van der Waals surface area contributed by atoms with Crippen LogP contribution in [-0.4, -0.2) is 29.1 Å². The Morgan fingerprint density at radius 1 is 1.53 bits per heavy atom. The van der Waals surface area contributed by atoms with Crippen LogP contribution in [0.3, 0.4) is 0 Å². The van der Waals surface area contributed by atoms with Crippen molar-refractivity contribution in [3.05, 3.63) is 28.0 Å². The second-order valence-electron chi connectivity index (χ2n) is 5.50. The van der Waals surface area contributed by atoms with Crippen LogP contribution < -0.4 is 0 Å². The van der Waals surface area contributed by atoms with E-state index >= 15 is 0 Å². The molecule has 3 nitrogen and oxygen atoms in total. The van der Waals surface area contributed by atoms with Crippen LogP contribution in [0.25, 0.3) is 6.08 Å². The smallest absolute Gasteiger partial charge is 0.328 e. The molecule has 104 valence electrons. The highest BCUT2D eigenvalue weighted by molar-refractivity contribution is 7.10. The lowest BCUT2D eigenvalue weighted by atomic mass is 9.89. The highest BCUT2D eigenvalue weighted by Crippen LogP contribution is 2.25. The molecule has 4 heteroatoms. The molecule has 1 aromatic heterocycles. The molecule has 0 aliphatic carbocycles. The number of thiophene rings is 1. The standard InChI is InChI=1S/C15H21NO2S/c1-11-5-6-16(8-12(11)2)9-14-7-13(10-19-14)3-4-15(17)18/h3-4,7,10-12H,5-6,8-9H2,1-2H3,(H,17,18)/b4-3+. The van der Waals surface area contributed by atoms with Gasteiger partial charge in [0, 0.05) is 24.0 Å². The number of aliphatic carboxylic acids is 1. The van der Waals surface area contributed by atoms with Crippen LogP contribution in [0, 0.1) is 11.8 Å². The Morgan fingerprint density at radius 2 is 2.32 bits per heavy atom. The first-order valence-electron chi connectivity index (χ1n) is 6.75. The number of carboxylic acid groups (broad SMARTS) is 1. The van der Waals surface area contributed by atoms with Crippen LogP contribution in [0.15, 0.2) is 17.5 Å². The first kappa shape index (κ1) is 14.3. The number of likely N-dealkylation sites (tertiary alicyclic amines) is 1. The second kappa shape index (κ2) is 6.35. The van der Waals surface area contributed by atoms with Gasteiger partial charge in [-0.3, -0.25) is 4.90 Å². The lowest BCUT2D eigenvalue weighted by Gasteiger charge is -2.34. The minimum atomic E-state index is -0.897. The molecule has 1 saturated heterocycles. The van der Waals surface area contributed by atoms with Crippen LogP contribution in [0.1, 0.15) is 30.7 Å². The van der Waals surface area contributed by atoms with Crippen LogP contribution in [0.2, 0.25) is 0 Å². The molecule has 0 bridgehead atoms. The zero-order valence-corrected chi connectivity index (χ0v) is 12.3. The molecule has 0 aromatic carbocycles. The Morgan fingerprint density at radius 3 is 3.00 bits per heavy atom. The summed E-state index contributed by atoms with van der Waals surface area (Å²) in [6.07, 6.45) is 4.12. The molecule has 1 aliphatic heterocycles. The topological polar surface area (TPSA) is 40.5 Å². The van der Waals surface area contributed by atoms with Crippen LogP contribution >= 0.6 is 11.3 Å². The van der Waals surface area contributed by atoms with Crippen LogP contribution in [0.5, 0.6) is 0 Å². The number of carboxylic acids is 1. The monoisotopic (exact) mass is 279 g/mol. The van der Waals surface area contributed by atoms with Crippen molar-refractivity contribution in [2.24, 2.45) is 11.8 Å². The number of hydrogen-bond donors (Lipinski definition) is 1. The number of rotatable bonds is 4. The highest BCUT2D eigenvalue weighted by atomic mass is 32.1. The fourth-order valence-corrected chi connectivity index (χ4v) is 3.34. The van der Waals surface area contributed by atoms with Gasteiger partial charge in [0.2, 0.25) is 0 Å². The van der Waals surface area contributed by atoms with Gasteiger partial charge in [-0.05, 0) is 47.9 Å². The van der Waals surface area contributed by atoms with Crippen molar-refractivity contribution in [2.75, 3.05) is 13.1 Å². The third-order valence-electron chi connectivity index (χ3n) is 3.89. The van der Waals surface area contributed by atoms with Gasteiger partial charge in [0.05, 0.1) is 0 Å². The van der Waals surface area contributed by atoms with Crippen molar-refractivity contribution < 1.29 is 9.90 Å². The van der Waals surface area contributed by atoms with Gasteiger partial charge in [0.1, 0.15) is 0 Å². The molecular formula is C15H21NO2S. The fraction of sp³-hybridized carbons (Fsp3) is 0.533. The third kappa shape index (κ3) is 4.18. The van der Waals surface area contributed by atoms with Gasteiger partial charge in [-0.15, -0.1) is 11.3 Å². The zero-order chi connectivity index (χ0) is 13.8. The van der Waals surface area contributed by atoms with Gasteiger partial charge in [0.25, 0.3) is 0 Å². The molecular weight excluding hydrogens is 258 g/mol.